The molecule has 0 aliphatic heterocycles. The minimum Gasteiger partial charge on any atom is -0.387 e. The van der Waals surface area contributed by atoms with Gasteiger partial charge >= 0.3 is 0 Å². The largest absolute Gasteiger partial charge is 0.387 e. The van der Waals surface area contributed by atoms with Crippen LogP contribution in [0, 0.1) is 5.41 Å². The second kappa shape index (κ2) is 10.9. The topological polar surface area (TPSA) is 131 Å². The van der Waals surface area contributed by atoms with Crippen LogP contribution in [-0.4, -0.2) is 47.7 Å². The molecule has 1 aromatic carbocycles. The van der Waals surface area contributed by atoms with E-state index in [1.54, 1.807) is 0 Å². The Labute approximate surface area is 146 Å². The van der Waals surface area contributed by atoms with E-state index in [4.69, 9.17) is 5.41 Å². The Balaban J connectivity index is 2.61. The molecule has 8 nitrogen and oxygen atoms in total. The zero-order chi connectivity index (χ0) is 18.7. The molecule has 3 amide bonds. The SMILES string of the molecule is CC(=O)NCC(=O)N[C@@H](CCC(O)C=N)C(=O)NCc1ccccc1. The van der Waals surface area contributed by atoms with Gasteiger partial charge in [0.1, 0.15) is 6.04 Å². The summed E-state index contributed by atoms with van der Waals surface area (Å²) in [6.45, 7) is 1.37. The van der Waals surface area contributed by atoms with Crippen molar-refractivity contribution in [1.29, 1.82) is 5.41 Å². The first-order valence-corrected chi connectivity index (χ1v) is 7.96. The Hall–Kier alpha value is -2.74. The van der Waals surface area contributed by atoms with Crippen LogP contribution < -0.4 is 16.0 Å². The number of amides is 3. The predicted molar refractivity (Wildman–Crippen MR) is 92.9 cm³/mol. The third-order valence-corrected chi connectivity index (χ3v) is 3.40. The van der Waals surface area contributed by atoms with Crippen LogP contribution in [0.1, 0.15) is 25.3 Å². The van der Waals surface area contributed by atoms with Crippen LogP contribution in [-0.2, 0) is 20.9 Å². The fourth-order valence-electron chi connectivity index (χ4n) is 2.05. The van der Waals surface area contributed by atoms with Crippen LogP contribution in [0.25, 0.3) is 0 Å². The molecule has 136 valence electrons. The molecular formula is C17H24N4O4. The van der Waals surface area contributed by atoms with Crippen LogP contribution in [0.5, 0.6) is 0 Å². The Morgan fingerprint density at radius 1 is 1.16 bits per heavy atom. The maximum atomic E-state index is 12.3. The van der Waals surface area contributed by atoms with Crippen molar-refractivity contribution in [2.24, 2.45) is 0 Å². The molecule has 0 spiro atoms. The number of hydrogen-bond donors (Lipinski definition) is 5. The molecule has 5 N–H and O–H groups in total. The first-order valence-electron chi connectivity index (χ1n) is 7.96. The summed E-state index contributed by atoms with van der Waals surface area (Å²) in [5, 5.41) is 24.1. The molecule has 0 heterocycles. The summed E-state index contributed by atoms with van der Waals surface area (Å²) in [6, 6.07) is 8.45. The molecule has 0 aliphatic rings. The summed E-state index contributed by atoms with van der Waals surface area (Å²) < 4.78 is 0. The van der Waals surface area contributed by atoms with Gasteiger partial charge in [0.25, 0.3) is 0 Å². The van der Waals surface area contributed by atoms with E-state index in [0.717, 1.165) is 11.8 Å². The fourth-order valence-corrected chi connectivity index (χ4v) is 2.05. The van der Waals surface area contributed by atoms with Crippen LogP contribution in [0.2, 0.25) is 0 Å². The summed E-state index contributed by atoms with van der Waals surface area (Å²) in [4.78, 5) is 35.0. The normalized spacial score (nSPS) is 12.6. The highest BCUT2D eigenvalue weighted by molar-refractivity contribution is 5.89. The maximum absolute atomic E-state index is 12.3. The smallest absolute Gasteiger partial charge is 0.242 e. The molecule has 0 bridgehead atoms. The van der Waals surface area contributed by atoms with E-state index in [1.165, 1.54) is 6.92 Å². The Bertz CT molecular complexity index is 592. The van der Waals surface area contributed by atoms with Gasteiger partial charge < -0.3 is 26.5 Å². The van der Waals surface area contributed by atoms with Gasteiger partial charge in [0.2, 0.25) is 17.7 Å². The van der Waals surface area contributed by atoms with Crippen molar-refractivity contribution in [1.82, 2.24) is 16.0 Å². The van der Waals surface area contributed by atoms with Gasteiger partial charge in [0.05, 0.1) is 12.6 Å². The molecule has 0 aromatic heterocycles. The van der Waals surface area contributed by atoms with E-state index in [-0.39, 0.29) is 25.3 Å². The molecular weight excluding hydrogens is 324 g/mol. The molecule has 0 radical (unpaired) electrons. The summed E-state index contributed by atoms with van der Waals surface area (Å²) >= 11 is 0. The van der Waals surface area contributed by atoms with Crippen LogP contribution >= 0.6 is 0 Å². The molecule has 0 saturated heterocycles. The number of carbonyl (C=O) groups excluding carboxylic acids is 3. The lowest BCUT2D eigenvalue weighted by Gasteiger charge is -2.19. The second-order valence-corrected chi connectivity index (χ2v) is 5.54. The van der Waals surface area contributed by atoms with Crippen LogP contribution in [0.4, 0.5) is 0 Å². The van der Waals surface area contributed by atoms with E-state index in [0.29, 0.717) is 6.54 Å². The lowest BCUT2D eigenvalue weighted by Crippen LogP contribution is -2.49. The van der Waals surface area contributed by atoms with Crippen molar-refractivity contribution in [3.8, 4) is 0 Å². The van der Waals surface area contributed by atoms with Gasteiger partial charge in [-0.25, -0.2) is 0 Å². The molecule has 1 aromatic rings. The van der Waals surface area contributed by atoms with Gasteiger partial charge in [-0.15, -0.1) is 0 Å². The molecule has 0 fully saturated rings. The molecule has 0 saturated carbocycles. The van der Waals surface area contributed by atoms with Crippen molar-refractivity contribution >= 4 is 23.9 Å². The number of aliphatic hydroxyl groups is 1. The Kier molecular flexibility index (Phi) is 8.87. The van der Waals surface area contributed by atoms with Crippen molar-refractivity contribution < 1.29 is 19.5 Å². The lowest BCUT2D eigenvalue weighted by atomic mass is 10.1. The Morgan fingerprint density at radius 2 is 1.84 bits per heavy atom. The molecule has 0 aliphatic carbocycles. The van der Waals surface area contributed by atoms with Gasteiger partial charge in [-0.3, -0.25) is 14.4 Å². The molecule has 2 atom stereocenters. The maximum Gasteiger partial charge on any atom is 0.242 e. The van der Waals surface area contributed by atoms with E-state index >= 15 is 0 Å². The van der Waals surface area contributed by atoms with Crippen molar-refractivity contribution in [3.63, 3.8) is 0 Å². The van der Waals surface area contributed by atoms with Gasteiger partial charge in [0.15, 0.2) is 0 Å². The van der Waals surface area contributed by atoms with Crippen LogP contribution in [0.3, 0.4) is 0 Å². The number of aliphatic hydroxyl groups excluding tert-OH is 1. The minimum absolute atomic E-state index is 0.160. The average Bonchev–Trinajstić information content (AvgIpc) is 2.61. The second-order valence-electron chi connectivity index (χ2n) is 5.54. The minimum atomic E-state index is -0.975. The monoisotopic (exact) mass is 348 g/mol. The number of carbonyl (C=O) groups is 3. The quantitative estimate of drug-likeness (QED) is 0.372. The number of benzene rings is 1. The van der Waals surface area contributed by atoms with Gasteiger partial charge in [0, 0.05) is 19.7 Å². The van der Waals surface area contributed by atoms with Gasteiger partial charge in [-0.2, -0.15) is 0 Å². The van der Waals surface area contributed by atoms with E-state index in [9.17, 15) is 19.5 Å². The number of hydrogen-bond acceptors (Lipinski definition) is 5. The molecule has 25 heavy (non-hydrogen) atoms. The fraction of sp³-hybridized carbons (Fsp3) is 0.412. The highest BCUT2D eigenvalue weighted by Gasteiger charge is 2.21. The average molecular weight is 348 g/mol. The summed E-state index contributed by atoms with van der Waals surface area (Å²) in [5.41, 5.74) is 0.915. The number of rotatable bonds is 10. The predicted octanol–water partition coefficient (Wildman–Crippen LogP) is -0.286. The zero-order valence-corrected chi connectivity index (χ0v) is 14.1. The van der Waals surface area contributed by atoms with E-state index < -0.39 is 24.0 Å². The standard InChI is InChI=1S/C17H24N4O4/c1-12(22)19-11-16(24)21-15(8-7-14(23)9-18)17(25)20-10-13-5-3-2-4-6-13/h2-6,9,14-15,18,23H,7-8,10-11H2,1H3,(H,19,22)(H,20,25)(H,21,24)/t14?,15-/m0/s1. The van der Waals surface area contributed by atoms with Crippen molar-refractivity contribution in [2.45, 2.75) is 38.5 Å². The molecule has 8 heteroatoms. The van der Waals surface area contributed by atoms with Gasteiger partial charge in [-0.05, 0) is 18.4 Å². The zero-order valence-electron chi connectivity index (χ0n) is 14.1. The summed E-state index contributed by atoms with van der Waals surface area (Å²) in [7, 11) is 0. The number of nitrogens with one attached hydrogen (secondary N) is 4. The van der Waals surface area contributed by atoms with Crippen molar-refractivity contribution in [3.05, 3.63) is 35.9 Å². The first-order chi connectivity index (χ1) is 11.9. The summed E-state index contributed by atoms with van der Waals surface area (Å²) in [6.07, 6.45) is 0.227. The summed E-state index contributed by atoms with van der Waals surface area (Å²) in [5.74, 6) is -1.24. The Morgan fingerprint density at radius 3 is 2.44 bits per heavy atom. The molecule has 1 unspecified atom stereocenters. The van der Waals surface area contributed by atoms with E-state index in [1.807, 2.05) is 30.3 Å². The van der Waals surface area contributed by atoms with Crippen molar-refractivity contribution in [2.75, 3.05) is 6.54 Å². The van der Waals surface area contributed by atoms with Gasteiger partial charge in [-0.1, -0.05) is 30.3 Å². The highest BCUT2D eigenvalue weighted by Crippen LogP contribution is 2.03. The molecule has 1 rings (SSSR count). The lowest BCUT2D eigenvalue weighted by molar-refractivity contribution is -0.129. The highest BCUT2D eigenvalue weighted by atomic mass is 16.3. The third kappa shape index (κ3) is 8.61. The first kappa shape index (κ1) is 20.3. The third-order valence-electron chi connectivity index (χ3n) is 3.40. The van der Waals surface area contributed by atoms with Crippen LogP contribution in [0.15, 0.2) is 30.3 Å². The van der Waals surface area contributed by atoms with E-state index in [2.05, 4.69) is 16.0 Å².